The van der Waals surface area contributed by atoms with E-state index in [1.807, 2.05) is 13.8 Å². The number of hydrogen-bond donors (Lipinski definition) is 2. The number of carbonyl (C=O) groups is 1. The van der Waals surface area contributed by atoms with Gasteiger partial charge < -0.3 is 4.74 Å². The second-order valence-corrected chi connectivity index (χ2v) is 6.67. The molecule has 172 valence electrons. The van der Waals surface area contributed by atoms with Crippen LogP contribution in [0.25, 0.3) is 0 Å². The molecule has 0 atom stereocenters. The topological polar surface area (TPSA) is 123 Å². The molecule has 0 bridgehead atoms. The second-order valence-electron chi connectivity index (χ2n) is 5.02. The molecule has 0 fully saturated rings. The molecule has 1 heterocycles. The van der Waals surface area contributed by atoms with E-state index in [-0.39, 0.29) is 0 Å². The Labute approximate surface area is 171 Å². The van der Waals surface area contributed by atoms with Gasteiger partial charge in [-0.05, 0) is 12.1 Å². The van der Waals surface area contributed by atoms with E-state index >= 15 is 0 Å². The number of sulfonamides is 1. The van der Waals surface area contributed by atoms with Crippen molar-refractivity contribution in [1.82, 2.24) is 19.7 Å². The first-order valence-corrected chi connectivity index (χ1v) is 9.59. The van der Waals surface area contributed by atoms with Crippen molar-refractivity contribution < 1.29 is 44.3 Å². The molecular formula is C15H15F6N5O4S. The monoisotopic (exact) mass is 475 g/mol. The molecule has 2 N–H and O–H groups in total. The van der Waals surface area contributed by atoms with Gasteiger partial charge in [-0.2, -0.15) is 41.3 Å². The van der Waals surface area contributed by atoms with E-state index < -0.39 is 56.6 Å². The van der Waals surface area contributed by atoms with Gasteiger partial charge in [0.15, 0.2) is 0 Å². The minimum atomic E-state index is -5.05. The Morgan fingerprint density at radius 1 is 0.968 bits per heavy atom. The van der Waals surface area contributed by atoms with Crippen LogP contribution in [-0.2, 0) is 22.4 Å². The third kappa shape index (κ3) is 6.94. The minimum absolute atomic E-state index is 0.471. The van der Waals surface area contributed by atoms with Gasteiger partial charge in [0.1, 0.15) is 0 Å². The summed E-state index contributed by atoms with van der Waals surface area (Å²) in [7, 11) is -4.14. The number of anilines is 1. The highest BCUT2D eigenvalue weighted by Crippen LogP contribution is 2.34. The van der Waals surface area contributed by atoms with Gasteiger partial charge in [0.05, 0.1) is 17.6 Å². The van der Waals surface area contributed by atoms with Gasteiger partial charge in [-0.3, -0.25) is 5.32 Å². The zero-order valence-electron chi connectivity index (χ0n) is 16.0. The number of carbonyl (C=O) groups excluding carboxylic acids is 1. The van der Waals surface area contributed by atoms with Crippen LogP contribution < -0.4 is 14.8 Å². The van der Waals surface area contributed by atoms with Crippen LogP contribution in [0.3, 0.4) is 0 Å². The summed E-state index contributed by atoms with van der Waals surface area (Å²) in [6, 6.07) is 0.396. The number of ether oxygens (including phenoxy) is 1. The SMILES string of the molecule is CC.COc1nc(NC(=O)NS(=O)(=O)c2ccccc2C(F)(F)F)nc(C(F)(F)F)n1. The van der Waals surface area contributed by atoms with E-state index in [0.717, 1.165) is 19.2 Å². The lowest BCUT2D eigenvalue weighted by Crippen LogP contribution is -2.36. The number of nitrogens with zero attached hydrogens (tertiary/aromatic N) is 3. The van der Waals surface area contributed by atoms with E-state index in [0.29, 0.717) is 12.1 Å². The lowest BCUT2D eigenvalue weighted by Gasteiger charge is -2.14. The summed E-state index contributed by atoms with van der Waals surface area (Å²) in [4.78, 5) is 19.6. The standard InChI is InChI=1S/C13H9F6N5O4S.C2H6/c1-28-11-21-8(13(17,18)19)20-9(23-11)22-10(25)24-29(26,27)7-5-3-2-4-6(7)12(14,15)16;1-2/h2-5H,1H3,(H2,20,21,22,23,24,25);1-2H3. The molecule has 16 heteroatoms. The van der Waals surface area contributed by atoms with Crippen LogP contribution in [0.5, 0.6) is 6.01 Å². The predicted molar refractivity (Wildman–Crippen MR) is 93.5 cm³/mol. The third-order valence-electron chi connectivity index (χ3n) is 2.99. The number of amides is 2. The van der Waals surface area contributed by atoms with Crippen molar-refractivity contribution in [2.75, 3.05) is 12.4 Å². The number of benzene rings is 1. The van der Waals surface area contributed by atoms with Crippen molar-refractivity contribution in [3.05, 3.63) is 35.7 Å². The molecule has 1 aromatic heterocycles. The molecule has 0 unspecified atom stereocenters. The number of halogens is 6. The summed E-state index contributed by atoms with van der Waals surface area (Å²) < 4.78 is 107. The van der Waals surface area contributed by atoms with Gasteiger partial charge in [0, 0.05) is 0 Å². The van der Waals surface area contributed by atoms with Crippen LogP contribution in [0.4, 0.5) is 37.1 Å². The van der Waals surface area contributed by atoms with Gasteiger partial charge in [-0.15, -0.1) is 0 Å². The quantitative estimate of drug-likeness (QED) is 0.650. The Morgan fingerprint density at radius 2 is 1.55 bits per heavy atom. The maximum Gasteiger partial charge on any atom is 0.451 e. The van der Waals surface area contributed by atoms with Crippen LogP contribution in [0.2, 0.25) is 0 Å². The molecule has 2 amide bonds. The number of methoxy groups -OCH3 is 1. The molecule has 0 aliphatic heterocycles. The van der Waals surface area contributed by atoms with E-state index in [4.69, 9.17) is 0 Å². The summed E-state index contributed by atoms with van der Waals surface area (Å²) >= 11 is 0. The van der Waals surface area contributed by atoms with Crippen molar-refractivity contribution >= 4 is 22.0 Å². The van der Waals surface area contributed by atoms with E-state index in [1.165, 1.54) is 4.72 Å². The van der Waals surface area contributed by atoms with E-state index in [9.17, 15) is 39.6 Å². The highest BCUT2D eigenvalue weighted by atomic mass is 32.2. The summed E-state index contributed by atoms with van der Waals surface area (Å²) in [5.41, 5.74) is -1.55. The summed E-state index contributed by atoms with van der Waals surface area (Å²) in [5, 5.41) is 1.56. The first kappa shape index (κ1) is 25.9. The Morgan fingerprint density at radius 3 is 2.06 bits per heavy atom. The van der Waals surface area contributed by atoms with Crippen LogP contribution in [-0.4, -0.2) is 36.5 Å². The predicted octanol–water partition coefficient (Wildman–Crippen LogP) is 3.45. The second kappa shape index (κ2) is 9.76. The van der Waals surface area contributed by atoms with Gasteiger partial charge in [-0.25, -0.2) is 17.9 Å². The Balaban J connectivity index is 0.00000233. The van der Waals surface area contributed by atoms with Gasteiger partial charge in [0.25, 0.3) is 10.0 Å². The van der Waals surface area contributed by atoms with Crippen molar-refractivity contribution in [3.63, 3.8) is 0 Å². The van der Waals surface area contributed by atoms with Crippen LogP contribution in [0.1, 0.15) is 25.2 Å². The fraction of sp³-hybridized carbons (Fsp3) is 0.333. The maximum atomic E-state index is 13.0. The molecule has 2 rings (SSSR count). The highest BCUT2D eigenvalue weighted by Gasteiger charge is 2.38. The molecule has 9 nitrogen and oxygen atoms in total. The van der Waals surface area contributed by atoms with Gasteiger partial charge >= 0.3 is 24.4 Å². The summed E-state index contributed by atoms with van der Waals surface area (Å²) in [6.45, 7) is 4.00. The van der Waals surface area contributed by atoms with E-state index in [2.05, 4.69) is 19.7 Å². The number of nitrogens with one attached hydrogen (secondary N) is 2. The number of alkyl halides is 6. The van der Waals surface area contributed by atoms with Crippen molar-refractivity contribution in [1.29, 1.82) is 0 Å². The zero-order chi connectivity index (χ0) is 24.0. The first-order chi connectivity index (χ1) is 14.2. The van der Waals surface area contributed by atoms with E-state index in [1.54, 1.807) is 5.32 Å². The third-order valence-corrected chi connectivity index (χ3v) is 4.37. The molecule has 0 aliphatic rings. The number of aromatic nitrogens is 3. The highest BCUT2D eigenvalue weighted by molar-refractivity contribution is 7.90. The summed E-state index contributed by atoms with van der Waals surface area (Å²) in [6.07, 6.45) is -10.1. The van der Waals surface area contributed by atoms with Crippen molar-refractivity contribution in [3.8, 4) is 6.01 Å². The lowest BCUT2D eigenvalue weighted by molar-refractivity contribution is -0.145. The minimum Gasteiger partial charge on any atom is -0.467 e. The molecular weight excluding hydrogens is 460 g/mol. The Bertz CT molecular complexity index is 1030. The maximum absolute atomic E-state index is 13.0. The molecule has 2 aromatic rings. The van der Waals surface area contributed by atoms with Crippen molar-refractivity contribution in [2.45, 2.75) is 31.1 Å². The van der Waals surface area contributed by atoms with Gasteiger partial charge in [-0.1, -0.05) is 26.0 Å². The van der Waals surface area contributed by atoms with Crippen molar-refractivity contribution in [2.24, 2.45) is 0 Å². The number of rotatable bonds is 4. The largest absolute Gasteiger partial charge is 0.467 e. The molecule has 0 saturated carbocycles. The average molecular weight is 475 g/mol. The lowest BCUT2D eigenvalue weighted by atomic mass is 10.2. The normalized spacial score (nSPS) is 11.8. The zero-order valence-corrected chi connectivity index (χ0v) is 16.8. The molecule has 0 aliphatic carbocycles. The molecule has 1 aromatic carbocycles. The fourth-order valence-corrected chi connectivity index (χ4v) is 3.01. The first-order valence-electron chi connectivity index (χ1n) is 8.11. The molecule has 0 radical (unpaired) electrons. The average Bonchev–Trinajstić information content (AvgIpc) is 2.67. The van der Waals surface area contributed by atoms with Gasteiger partial charge in [0.2, 0.25) is 11.8 Å². The Hall–Kier alpha value is -3.17. The van der Waals surface area contributed by atoms with Crippen LogP contribution in [0, 0.1) is 0 Å². The number of urea groups is 1. The summed E-state index contributed by atoms with van der Waals surface area (Å²) in [5.74, 6) is -2.81. The smallest absolute Gasteiger partial charge is 0.451 e. The Kier molecular flexibility index (Phi) is 8.14. The molecule has 0 spiro atoms. The number of hydrogen-bond acceptors (Lipinski definition) is 7. The van der Waals surface area contributed by atoms with Crippen LogP contribution >= 0.6 is 0 Å². The molecule has 0 saturated heterocycles. The molecule has 31 heavy (non-hydrogen) atoms. The fourth-order valence-electron chi connectivity index (χ4n) is 1.87. The van der Waals surface area contributed by atoms with Crippen LogP contribution in [0.15, 0.2) is 29.2 Å².